The fraction of sp³-hybridized carbons (Fsp3) is 0.333. The van der Waals surface area contributed by atoms with Gasteiger partial charge in [-0.25, -0.2) is 4.98 Å². The summed E-state index contributed by atoms with van der Waals surface area (Å²) in [5, 5.41) is 27.2. The maximum Gasteiger partial charge on any atom is 0.223 e. The molecule has 0 aliphatic carbocycles. The molecule has 2 unspecified atom stereocenters. The van der Waals surface area contributed by atoms with E-state index in [9.17, 15) is 14.3 Å². The van der Waals surface area contributed by atoms with Crippen LogP contribution in [0.5, 0.6) is 0 Å². The van der Waals surface area contributed by atoms with E-state index >= 15 is 0 Å². The van der Waals surface area contributed by atoms with Crippen molar-refractivity contribution >= 4 is 6.29 Å². The molecule has 0 aliphatic rings. The van der Waals surface area contributed by atoms with Crippen LogP contribution in [0.3, 0.4) is 0 Å². The number of aldehydes is 1. The fourth-order valence-corrected chi connectivity index (χ4v) is 1.14. The molecule has 0 fully saturated rings. The molecule has 6 heteroatoms. The summed E-state index contributed by atoms with van der Waals surface area (Å²) < 4.78 is 13.0. The van der Waals surface area contributed by atoms with E-state index in [0.29, 0.717) is 0 Å². The number of aliphatic hydroxyl groups excluding tert-OH is 3. The largest absolute Gasteiger partial charge is 0.394 e. The van der Waals surface area contributed by atoms with Gasteiger partial charge in [-0.3, -0.25) is 4.79 Å². The van der Waals surface area contributed by atoms with Gasteiger partial charge >= 0.3 is 0 Å². The number of hydrogen-bond donors (Lipinski definition) is 3. The van der Waals surface area contributed by atoms with Crippen LogP contribution in [-0.2, 0) is 0 Å². The number of pyridine rings is 1. The average molecular weight is 215 g/mol. The van der Waals surface area contributed by atoms with E-state index in [-0.39, 0.29) is 11.8 Å². The Bertz CT molecular complexity index is 358. The maximum absolute atomic E-state index is 13.0. The number of halogens is 1. The molecule has 0 bridgehead atoms. The summed E-state index contributed by atoms with van der Waals surface area (Å²) in [6.45, 7) is -0.691. The second-order valence-corrected chi connectivity index (χ2v) is 2.92. The van der Waals surface area contributed by atoms with Crippen molar-refractivity contribution in [1.29, 1.82) is 0 Å². The Hall–Kier alpha value is -1.37. The lowest BCUT2D eigenvalue weighted by Gasteiger charge is -2.17. The topological polar surface area (TPSA) is 90.7 Å². The maximum atomic E-state index is 13.0. The zero-order chi connectivity index (χ0) is 11.4. The highest BCUT2D eigenvalue weighted by molar-refractivity contribution is 5.77. The van der Waals surface area contributed by atoms with Crippen LogP contribution in [0.4, 0.5) is 4.39 Å². The van der Waals surface area contributed by atoms with Gasteiger partial charge in [-0.15, -0.1) is 0 Å². The summed E-state index contributed by atoms with van der Waals surface area (Å²) in [5.41, 5.74) is -0.517. The number of aromatic nitrogens is 1. The highest BCUT2D eigenvalue weighted by Crippen LogP contribution is 2.20. The van der Waals surface area contributed by atoms with Crippen molar-refractivity contribution in [3.8, 4) is 0 Å². The molecule has 0 amide bonds. The minimum atomic E-state index is -1.52. The van der Waals surface area contributed by atoms with Crippen LogP contribution in [0.25, 0.3) is 0 Å². The highest BCUT2D eigenvalue weighted by Gasteiger charge is 2.22. The molecule has 1 aromatic rings. The van der Waals surface area contributed by atoms with Gasteiger partial charge in [-0.05, 0) is 11.6 Å². The second kappa shape index (κ2) is 4.92. The van der Waals surface area contributed by atoms with Crippen LogP contribution in [-0.4, -0.2) is 39.3 Å². The number of carbonyl (C=O) groups excluding carboxylic acids is 1. The Labute approximate surface area is 84.8 Å². The zero-order valence-electron chi connectivity index (χ0n) is 7.67. The molecule has 82 valence electrons. The van der Waals surface area contributed by atoms with Crippen LogP contribution in [0.1, 0.15) is 22.0 Å². The lowest BCUT2D eigenvalue weighted by atomic mass is 10.0. The van der Waals surface area contributed by atoms with Crippen molar-refractivity contribution < 1.29 is 24.5 Å². The van der Waals surface area contributed by atoms with E-state index in [1.165, 1.54) is 6.07 Å². The molecule has 1 heterocycles. The third kappa shape index (κ3) is 2.35. The van der Waals surface area contributed by atoms with E-state index < -0.39 is 30.3 Å². The normalized spacial score (nSPS) is 14.7. The van der Waals surface area contributed by atoms with Crippen LogP contribution < -0.4 is 0 Å². The minimum absolute atomic E-state index is 0.0981. The SMILES string of the molecule is O=Cc1c(C(O)C(O)CO)ccnc1F. The molecular weight excluding hydrogens is 205 g/mol. The standard InChI is InChI=1S/C9H10FNO4/c10-9-6(3-12)5(1-2-11-9)8(15)7(14)4-13/h1-3,7-8,13-15H,4H2. The summed E-state index contributed by atoms with van der Waals surface area (Å²) in [7, 11) is 0. The third-order valence-electron chi connectivity index (χ3n) is 1.96. The first-order valence-electron chi connectivity index (χ1n) is 4.18. The van der Waals surface area contributed by atoms with Crippen LogP contribution in [0.15, 0.2) is 12.3 Å². The zero-order valence-corrected chi connectivity index (χ0v) is 7.67. The summed E-state index contributed by atoms with van der Waals surface area (Å²) in [6, 6.07) is 1.20. The number of aliphatic hydroxyl groups is 3. The van der Waals surface area contributed by atoms with Crippen molar-refractivity contribution in [1.82, 2.24) is 4.98 Å². The molecule has 1 aromatic heterocycles. The van der Waals surface area contributed by atoms with Gasteiger partial charge in [0.25, 0.3) is 0 Å². The molecule has 0 saturated carbocycles. The van der Waals surface area contributed by atoms with E-state index in [4.69, 9.17) is 10.2 Å². The van der Waals surface area contributed by atoms with Gasteiger partial charge in [-0.2, -0.15) is 4.39 Å². The Kier molecular flexibility index (Phi) is 3.84. The summed E-state index contributed by atoms with van der Waals surface area (Å²) >= 11 is 0. The minimum Gasteiger partial charge on any atom is -0.394 e. The quantitative estimate of drug-likeness (QED) is 0.461. The summed E-state index contributed by atoms with van der Waals surface area (Å²) in [6.07, 6.45) is -1.73. The molecule has 0 radical (unpaired) electrons. The number of carbonyl (C=O) groups is 1. The molecule has 0 saturated heterocycles. The van der Waals surface area contributed by atoms with Crippen LogP contribution in [0, 0.1) is 5.95 Å². The predicted molar refractivity (Wildman–Crippen MR) is 47.6 cm³/mol. The van der Waals surface area contributed by atoms with Crippen molar-refractivity contribution in [3.63, 3.8) is 0 Å². The van der Waals surface area contributed by atoms with Gasteiger partial charge in [0.15, 0.2) is 6.29 Å². The molecule has 0 aromatic carbocycles. The lowest BCUT2D eigenvalue weighted by Crippen LogP contribution is -2.23. The van der Waals surface area contributed by atoms with Gasteiger partial charge in [0, 0.05) is 6.20 Å². The Morgan fingerprint density at radius 2 is 2.20 bits per heavy atom. The Morgan fingerprint density at radius 3 is 2.73 bits per heavy atom. The second-order valence-electron chi connectivity index (χ2n) is 2.92. The van der Waals surface area contributed by atoms with E-state index in [2.05, 4.69) is 4.98 Å². The molecule has 3 N–H and O–H groups in total. The van der Waals surface area contributed by atoms with Crippen LogP contribution in [0.2, 0.25) is 0 Å². The van der Waals surface area contributed by atoms with Gasteiger partial charge < -0.3 is 15.3 Å². The summed E-state index contributed by atoms with van der Waals surface area (Å²) in [4.78, 5) is 13.8. The number of rotatable bonds is 4. The van der Waals surface area contributed by atoms with E-state index in [1.54, 1.807) is 0 Å². The molecule has 0 aliphatic heterocycles. The van der Waals surface area contributed by atoms with Crippen molar-refractivity contribution in [3.05, 3.63) is 29.3 Å². The molecular formula is C9H10FNO4. The van der Waals surface area contributed by atoms with Gasteiger partial charge in [0.1, 0.15) is 12.2 Å². The first kappa shape index (κ1) is 11.7. The molecule has 0 spiro atoms. The van der Waals surface area contributed by atoms with Crippen molar-refractivity contribution in [2.45, 2.75) is 12.2 Å². The molecule has 15 heavy (non-hydrogen) atoms. The van der Waals surface area contributed by atoms with E-state index in [1.807, 2.05) is 0 Å². The number of nitrogens with zero attached hydrogens (tertiary/aromatic N) is 1. The monoisotopic (exact) mass is 215 g/mol. The van der Waals surface area contributed by atoms with Crippen molar-refractivity contribution in [2.75, 3.05) is 6.61 Å². The summed E-state index contributed by atoms with van der Waals surface area (Å²) in [5.74, 6) is -1.02. The fourth-order valence-electron chi connectivity index (χ4n) is 1.14. The van der Waals surface area contributed by atoms with Gasteiger partial charge in [0.2, 0.25) is 5.95 Å². The predicted octanol–water partition coefficient (Wildman–Crippen LogP) is -0.580. The average Bonchev–Trinajstić information content (AvgIpc) is 2.26. The smallest absolute Gasteiger partial charge is 0.223 e. The van der Waals surface area contributed by atoms with Crippen molar-refractivity contribution in [2.24, 2.45) is 0 Å². The lowest BCUT2D eigenvalue weighted by molar-refractivity contribution is -0.0156. The highest BCUT2D eigenvalue weighted by atomic mass is 19.1. The van der Waals surface area contributed by atoms with Gasteiger partial charge in [0.05, 0.1) is 12.2 Å². The first-order valence-corrected chi connectivity index (χ1v) is 4.18. The van der Waals surface area contributed by atoms with E-state index in [0.717, 1.165) is 6.20 Å². The van der Waals surface area contributed by atoms with Gasteiger partial charge in [-0.1, -0.05) is 0 Å². The first-order chi connectivity index (χ1) is 7.11. The molecule has 2 atom stereocenters. The molecule has 1 rings (SSSR count). The third-order valence-corrected chi connectivity index (χ3v) is 1.96. The molecule has 5 nitrogen and oxygen atoms in total. The Balaban J connectivity index is 3.13. The van der Waals surface area contributed by atoms with Crippen LogP contribution >= 0.6 is 0 Å². The number of hydrogen-bond acceptors (Lipinski definition) is 5. The Morgan fingerprint density at radius 1 is 1.53 bits per heavy atom.